The Labute approximate surface area is 391 Å². The lowest BCUT2D eigenvalue weighted by molar-refractivity contribution is -0.151. The molecule has 0 saturated carbocycles. The molecule has 0 rings (SSSR count). The Morgan fingerprint density at radius 2 is 0.857 bits per heavy atom. The van der Waals surface area contributed by atoms with E-state index in [0.717, 1.165) is 83.5 Å². The standard InChI is InChI=1S/C57H105NO5/c1-4-7-10-13-16-19-21-23-25-27-29-31-33-35-38-41-44-47-50-57(62)63-53(48-45-42-39-37-34-32-30-28-26-24-22-20-17-14-11-8-5-2)51-56(61)58-54(52-59)55(60)49-46-43-40-36-18-15-12-9-6-3/h17,20,24-27,29,31,53-55,59-60H,4-16,18-19,21-23,28,30,32-52H2,1-3H3,(H,58,61)/b20-17-,26-24-,27-25+,31-29+. The summed E-state index contributed by atoms with van der Waals surface area (Å²) in [7, 11) is 0. The zero-order valence-corrected chi connectivity index (χ0v) is 42.0. The first-order valence-corrected chi connectivity index (χ1v) is 27.4. The number of nitrogens with one attached hydrogen (secondary N) is 1. The fourth-order valence-corrected chi connectivity index (χ4v) is 8.22. The van der Waals surface area contributed by atoms with Crippen molar-refractivity contribution >= 4 is 11.9 Å². The number of carbonyl (C=O) groups is 2. The van der Waals surface area contributed by atoms with E-state index in [1.54, 1.807) is 0 Å². The zero-order valence-electron chi connectivity index (χ0n) is 42.0. The summed E-state index contributed by atoms with van der Waals surface area (Å²) in [6.07, 6.45) is 61.7. The molecule has 0 aromatic rings. The van der Waals surface area contributed by atoms with Gasteiger partial charge in [0, 0.05) is 6.42 Å². The summed E-state index contributed by atoms with van der Waals surface area (Å²) in [6, 6.07) is -0.706. The summed E-state index contributed by atoms with van der Waals surface area (Å²) in [5, 5.41) is 23.7. The van der Waals surface area contributed by atoms with Crippen molar-refractivity contribution in [3.63, 3.8) is 0 Å². The highest BCUT2D eigenvalue weighted by atomic mass is 16.5. The van der Waals surface area contributed by atoms with E-state index in [1.807, 2.05) is 0 Å². The molecule has 0 aromatic heterocycles. The lowest BCUT2D eigenvalue weighted by Gasteiger charge is -2.24. The molecule has 0 saturated heterocycles. The highest BCUT2D eigenvalue weighted by molar-refractivity contribution is 5.77. The number of allylic oxidation sites excluding steroid dienone is 8. The minimum absolute atomic E-state index is 0.0665. The predicted octanol–water partition coefficient (Wildman–Crippen LogP) is 16.6. The Kier molecular flexibility index (Phi) is 49.1. The second kappa shape index (κ2) is 50.8. The van der Waals surface area contributed by atoms with Crippen molar-refractivity contribution in [3.05, 3.63) is 48.6 Å². The van der Waals surface area contributed by atoms with Crippen LogP contribution >= 0.6 is 0 Å². The first kappa shape index (κ1) is 60.8. The van der Waals surface area contributed by atoms with Crippen LogP contribution in [0.1, 0.15) is 278 Å². The molecule has 3 unspecified atom stereocenters. The van der Waals surface area contributed by atoms with Crippen molar-refractivity contribution in [3.8, 4) is 0 Å². The summed E-state index contributed by atoms with van der Waals surface area (Å²) in [5.41, 5.74) is 0. The Hall–Kier alpha value is -2.18. The minimum Gasteiger partial charge on any atom is -0.462 e. The van der Waals surface area contributed by atoms with Crippen LogP contribution in [-0.4, -0.2) is 46.9 Å². The van der Waals surface area contributed by atoms with E-state index in [9.17, 15) is 19.8 Å². The summed E-state index contributed by atoms with van der Waals surface area (Å²) >= 11 is 0. The fourth-order valence-electron chi connectivity index (χ4n) is 8.22. The molecule has 6 heteroatoms. The third-order valence-corrected chi connectivity index (χ3v) is 12.4. The Bertz CT molecular complexity index is 1080. The average Bonchev–Trinajstić information content (AvgIpc) is 3.28. The number of esters is 1. The SMILES string of the molecule is CCCCC/C=C\C/C=C\CCCCCCCCCC(CC(=O)NC(CO)C(O)CCCCCCCCCCC)OC(=O)CCCCCCC/C=C/C=C/CCCCCCCCC. The summed E-state index contributed by atoms with van der Waals surface area (Å²) < 4.78 is 5.94. The van der Waals surface area contributed by atoms with Gasteiger partial charge < -0.3 is 20.3 Å². The van der Waals surface area contributed by atoms with E-state index in [4.69, 9.17) is 4.74 Å². The number of hydrogen-bond acceptors (Lipinski definition) is 5. The van der Waals surface area contributed by atoms with E-state index in [2.05, 4.69) is 74.7 Å². The quantitative estimate of drug-likeness (QED) is 0.0245. The summed E-state index contributed by atoms with van der Waals surface area (Å²) in [4.78, 5) is 26.2. The topological polar surface area (TPSA) is 95.9 Å². The molecule has 0 aliphatic heterocycles. The highest BCUT2D eigenvalue weighted by Gasteiger charge is 2.24. The van der Waals surface area contributed by atoms with Gasteiger partial charge in [0.05, 0.1) is 25.2 Å². The van der Waals surface area contributed by atoms with Crippen molar-refractivity contribution in [2.45, 2.75) is 296 Å². The second-order valence-electron chi connectivity index (χ2n) is 18.7. The van der Waals surface area contributed by atoms with Gasteiger partial charge in [-0.1, -0.05) is 230 Å². The molecule has 6 nitrogen and oxygen atoms in total. The van der Waals surface area contributed by atoms with E-state index < -0.39 is 18.2 Å². The number of aliphatic hydroxyl groups is 2. The van der Waals surface area contributed by atoms with E-state index in [0.29, 0.717) is 19.3 Å². The molecule has 0 heterocycles. The third kappa shape index (κ3) is 46.2. The Morgan fingerprint density at radius 1 is 0.476 bits per heavy atom. The van der Waals surface area contributed by atoms with Gasteiger partial charge in [-0.05, 0) is 83.5 Å². The smallest absolute Gasteiger partial charge is 0.306 e. The molecule has 63 heavy (non-hydrogen) atoms. The third-order valence-electron chi connectivity index (χ3n) is 12.4. The van der Waals surface area contributed by atoms with Crippen LogP contribution in [0.25, 0.3) is 0 Å². The second-order valence-corrected chi connectivity index (χ2v) is 18.7. The molecule has 3 atom stereocenters. The molecule has 0 bridgehead atoms. The minimum atomic E-state index is -0.791. The van der Waals surface area contributed by atoms with E-state index in [1.165, 1.54) is 148 Å². The Morgan fingerprint density at radius 3 is 1.33 bits per heavy atom. The largest absolute Gasteiger partial charge is 0.462 e. The lowest BCUT2D eigenvalue weighted by Crippen LogP contribution is -2.46. The van der Waals surface area contributed by atoms with Crippen LogP contribution in [0.3, 0.4) is 0 Å². The van der Waals surface area contributed by atoms with Crippen molar-refractivity contribution < 1.29 is 24.5 Å². The van der Waals surface area contributed by atoms with Crippen LogP contribution in [0, 0.1) is 0 Å². The van der Waals surface area contributed by atoms with Gasteiger partial charge >= 0.3 is 5.97 Å². The number of rotatable bonds is 49. The van der Waals surface area contributed by atoms with Gasteiger partial charge in [-0.3, -0.25) is 9.59 Å². The highest BCUT2D eigenvalue weighted by Crippen LogP contribution is 2.18. The average molecular weight is 884 g/mol. The number of amides is 1. The van der Waals surface area contributed by atoms with Gasteiger partial charge in [-0.25, -0.2) is 0 Å². The van der Waals surface area contributed by atoms with Crippen LogP contribution in [0.5, 0.6) is 0 Å². The van der Waals surface area contributed by atoms with E-state index in [-0.39, 0.29) is 24.9 Å². The van der Waals surface area contributed by atoms with Crippen molar-refractivity contribution in [2.24, 2.45) is 0 Å². The molecular weight excluding hydrogens is 779 g/mol. The fraction of sp³-hybridized carbons (Fsp3) is 0.825. The zero-order chi connectivity index (χ0) is 45.9. The Balaban J connectivity index is 4.58. The molecule has 0 aliphatic carbocycles. The van der Waals surface area contributed by atoms with E-state index >= 15 is 0 Å². The van der Waals surface area contributed by atoms with Gasteiger partial charge in [0.2, 0.25) is 5.91 Å². The molecule has 0 aromatic carbocycles. The van der Waals surface area contributed by atoms with Crippen LogP contribution in [0.4, 0.5) is 0 Å². The van der Waals surface area contributed by atoms with Crippen LogP contribution in [-0.2, 0) is 14.3 Å². The first-order valence-electron chi connectivity index (χ1n) is 27.4. The van der Waals surface area contributed by atoms with Gasteiger partial charge in [0.25, 0.3) is 0 Å². The summed E-state index contributed by atoms with van der Waals surface area (Å²) in [6.45, 7) is 6.44. The first-order chi connectivity index (χ1) is 31.0. The number of aliphatic hydroxyl groups excluding tert-OH is 2. The monoisotopic (exact) mass is 884 g/mol. The lowest BCUT2D eigenvalue weighted by atomic mass is 10.0. The predicted molar refractivity (Wildman–Crippen MR) is 273 cm³/mol. The maximum atomic E-state index is 13.2. The van der Waals surface area contributed by atoms with Crippen LogP contribution in [0.15, 0.2) is 48.6 Å². The maximum absolute atomic E-state index is 13.2. The van der Waals surface area contributed by atoms with Crippen LogP contribution in [0.2, 0.25) is 0 Å². The maximum Gasteiger partial charge on any atom is 0.306 e. The number of ether oxygens (including phenoxy) is 1. The molecule has 0 spiro atoms. The molecule has 3 N–H and O–H groups in total. The molecule has 1 amide bonds. The molecule has 0 fully saturated rings. The normalized spacial score (nSPS) is 13.5. The molecular formula is C57H105NO5. The summed E-state index contributed by atoms with van der Waals surface area (Å²) in [5.74, 6) is -0.493. The number of unbranched alkanes of at least 4 members (excludes halogenated alkanes) is 30. The number of hydrogen-bond donors (Lipinski definition) is 3. The molecule has 368 valence electrons. The van der Waals surface area contributed by atoms with Crippen molar-refractivity contribution in [1.82, 2.24) is 5.32 Å². The van der Waals surface area contributed by atoms with Gasteiger partial charge in [0.15, 0.2) is 0 Å². The van der Waals surface area contributed by atoms with Gasteiger partial charge in [-0.15, -0.1) is 0 Å². The molecule has 0 radical (unpaired) electrons. The van der Waals surface area contributed by atoms with Gasteiger partial charge in [0.1, 0.15) is 6.10 Å². The van der Waals surface area contributed by atoms with Gasteiger partial charge in [-0.2, -0.15) is 0 Å². The van der Waals surface area contributed by atoms with Crippen LogP contribution < -0.4 is 5.32 Å². The number of carbonyl (C=O) groups excluding carboxylic acids is 2. The van der Waals surface area contributed by atoms with Crippen molar-refractivity contribution in [1.29, 1.82) is 0 Å². The van der Waals surface area contributed by atoms with Crippen molar-refractivity contribution in [2.75, 3.05) is 6.61 Å². The molecule has 0 aliphatic rings.